The van der Waals surface area contributed by atoms with Crippen LogP contribution in [-0.4, -0.2) is 25.3 Å². The van der Waals surface area contributed by atoms with E-state index in [1.807, 2.05) is 7.11 Å². The summed E-state index contributed by atoms with van der Waals surface area (Å²) in [6.07, 6.45) is 5.82. The molecule has 0 spiro atoms. The third-order valence-electron chi connectivity index (χ3n) is 4.49. The second kappa shape index (κ2) is 6.21. The van der Waals surface area contributed by atoms with E-state index in [1.54, 1.807) is 0 Å². The maximum Gasteiger partial charge on any atom is 0.0834 e. The summed E-state index contributed by atoms with van der Waals surface area (Å²) in [7, 11) is 1.88. The normalized spacial score (nSPS) is 23.6. The molecule has 1 aliphatic rings. The van der Waals surface area contributed by atoms with Crippen LogP contribution in [0.1, 0.15) is 59.8 Å². The van der Waals surface area contributed by atoms with Gasteiger partial charge in [-0.15, -0.1) is 6.58 Å². The molecule has 0 aromatic carbocycles. The van der Waals surface area contributed by atoms with Gasteiger partial charge in [0.1, 0.15) is 0 Å². The van der Waals surface area contributed by atoms with Gasteiger partial charge in [-0.25, -0.2) is 0 Å². The van der Waals surface area contributed by atoms with Crippen LogP contribution in [0.15, 0.2) is 12.2 Å². The Morgan fingerprint density at radius 3 is 2.22 bits per heavy atom. The van der Waals surface area contributed by atoms with Crippen molar-refractivity contribution in [2.45, 2.75) is 71.4 Å². The molecule has 1 rings (SSSR count). The predicted molar refractivity (Wildman–Crippen MR) is 78.9 cm³/mol. The number of hydrogen-bond acceptors (Lipinski definition) is 2. The van der Waals surface area contributed by atoms with Gasteiger partial charge in [-0.1, -0.05) is 26.3 Å². The minimum absolute atomic E-state index is 0.00444. The SMILES string of the molecule is C=C(C)CC(NCC)C1(OC)CCC(C)(C)CC1. The summed E-state index contributed by atoms with van der Waals surface area (Å²) in [4.78, 5) is 0. The Bertz CT molecular complexity index is 273. The van der Waals surface area contributed by atoms with Crippen LogP contribution in [0.25, 0.3) is 0 Å². The van der Waals surface area contributed by atoms with Crippen molar-refractivity contribution in [3.8, 4) is 0 Å². The highest BCUT2D eigenvalue weighted by atomic mass is 16.5. The fourth-order valence-corrected chi connectivity index (χ4v) is 3.08. The Morgan fingerprint density at radius 1 is 1.28 bits per heavy atom. The van der Waals surface area contributed by atoms with Gasteiger partial charge in [-0.3, -0.25) is 0 Å². The van der Waals surface area contributed by atoms with Gasteiger partial charge in [0.05, 0.1) is 5.60 Å². The first kappa shape index (κ1) is 15.7. The van der Waals surface area contributed by atoms with Crippen LogP contribution in [0.5, 0.6) is 0 Å². The minimum Gasteiger partial charge on any atom is -0.377 e. The zero-order chi connectivity index (χ0) is 13.8. The third kappa shape index (κ3) is 3.83. The van der Waals surface area contributed by atoms with Gasteiger partial charge in [0.25, 0.3) is 0 Å². The molecule has 18 heavy (non-hydrogen) atoms. The van der Waals surface area contributed by atoms with Crippen LogP contribution in [0, 0.1) is 5.41 Å². The van der Waals surface area contributed by atoms with E-state index in [9.17, 15) is 0 Å². The van der Waals surface area contributed by atoms with Gasteiger partial charge >= 0.3 is 0 Å². The Kier molecular flexibility index (Phi) is 5.42. The summed E-state index contributed by atoms with van der Waals surface area (Å²) < 4.78 is 5.98. The van der Waals surface area contributed by atoms with Gasteiger partial charge in [0.2, 0.25) is 0 Å². The van der Waals surface area contributed by atoms with Crippen molar-refractivity contribution in [3.63, 3.8) is 0 Å². The molecule has 1 saturated carbocycles. The average Bonchev–Trinajstić information content (AvgIpc) is 2.29. The van der Waals surface area contributed by atoms with Gasteiger partial charge in [-0.05, 0) is 51.0 Å². The van der Waals surface area contributed by atoms with E-state index in [1.165, 1.54) is 18.4 Å². The first-order valence-corrected chi connectivity index (χ1v) is 7.28. The summed E-state index contributed by atoms with van der Waals surface area (Å²) in [5.74, 6) is 0. The summed E-state index contributed by atoms with van der Waals surface area (Å²) >= 11 is 0. The highest BCUT2D eigenvalue weighted by molar-refractivity contribution is 5.04. The first-order chi connectivity index (χ1) is 8.35. The summed E-state index contributed by atoms with van der Waals surface area (Å²) in [6, 6.07) is 0.404. The quantitative estimate of drug-likeness (QED) is 0.725. The lowest BCUT2D eigenvalue weighted by Crippen LogP contribution is -2.54. The lowest BCUT2D eigenvalue weighted by atomic mass is 9.67. The van der Waals surface area contributed by atoms with Crippen molar-refractivity contribution in [1.29, 1.82) is 0 Å². The van der Waals surface area contributed by atoms with E-state index < -0.39 is 0 Å². The Hall–Kier alpha value is -0.340. The van der Waals surface area contributed by atoms with Crippen LogP contribution in [0.2, 0.25) is 0 Å². The molecule has 1 N–H and O–H groups in total. The Morgan fingerprint density at radius 2 is 1.83 bits per heavy atom. The maximum atomic E-state index is 5.98. The lowest BCUT2D eigenvalue weighted by Gasteiger charge is -2.47. The Balaban J connectivity index is 2.80. The molecule has 0 aliphatic heterocycles. The zero-order valence-corrected chi connectivity index (χ0v) is 12.9. The number of rotatable bonds is 6. The molecule has 1 unspecified atom stereocenters. The monoisotopic (exact) mass is 253 g/mol. The topological polar surface area (TPSA) is 21.3 Å². The molecule has 1 aliphatic carbocycles. The molecule has 1 fully saturated rings. The minimum atomic E-state index is 0.00444. The fraction of sp³-hybridized carbons (Fsp3) is 0.875. The van der Waals surface area contributed by atoms with E-state index in [-0.39, 0.29) is 5.60 Å². The van der Waals surface area contributed by atoms with E-state index in [4.69, 9.17) is 4.74 Å². The largest absolute Gasteiger partial charge is 0.377 e. The molecule has 0 amide bonds. The van der Waals surface area contributed by atoms with E-state index >= 15 is 0 Å². The molecule has 2 heteroatoms. The standard InChI is InChI=1S/C16H31NO/c1-7-17-14(12-13(2)3)16(18-6)10-8-15(4,5)9-11-16/h14,17H,2,7-12H2,1,3-6H3. The van der Waals surface area contributed by atoms with E-state index in [0.29, 0.717) is 11.5 Å². The predicted octanol–water partition coefficient (Wildman–Crippen LogP) is 3.92. The number of hydrogen-bond donors (Lipinski definition) is 1. The van der Waals surface area contributed by atoms with Gasteiger partial charge < -0.3 is 10.1 Å². The summed E-state index contributed by atoms with van der Waals surface area (Å²) in [5, 5.41) is 3.62. The molecular formula is C16H31NO. The van der Waals surface area contributed by atoms with Crippen molar-refractivity contribution in [3.05, 3.63) is 12.2 Å². The molecule has 106 valence electrons. The van der Waals surface area contributed by atoms with E-state index in [0.717, 1.165) is 25.8 Å². The van der Waals surface area contributed by atoms with Gasteiger partial charge in [0.15, 0.2) is 0 Å². The highest BCUT2D eigenvalue weighted by Crippen LogP contribution is 2.44. The first-order valence-electron chi connectivity index (χ1n) is 7.28. The van der Waals surface area contributed by atoms with Gasteiger partial charge in [0, 0.05) is 13.2 Å². The molecular weight excluding hydrogens is 222 g/mol. The van der Waals surface area contributed by atoms with Gasteiger partial charge in [-0.2, -0.15) is 0 Å². The van der Waals surface area contributed by atoms with Crippen molar-refractivity contribution in [1.82, 2.24) is 5.32 Å². The van der Waals surface area contributed by atoms with Crippen molar-refractivity contribution >= 4 is 0 Å². The van der Waals surface area contributed by atoms with Crippen molar-refractivity contribution in [2.75, 3.05) is 13.7 Å². The molecule has 0 bridgehead atoms. The van der Waals surface area contributed by atoms with Crippen LogP contribution >= 0.6 is 0 Å². The smallest absolute Gasteiger partial charge is 0.0834 e. The number of methoxy groups -OCH3 is 1. The molecule has 0 aromatic heterocycles. The number of nitrogens with one attached hydrogen (secondary N) is 1. The molecule has 0 heterocycles. The van der Waals surface area contributed by atoms with Crippen LogP contribution in [0.3, 0.4) is 0 Å². The maximum absolute atomic E-state index is 5.98. The Labute approximate surface area is 113 Å². The molecule has 2 nitrogen and oxygen atoms in total. The number of ether oxygens (including phenoxy) is 1. The molecule has 0 saturated heterocycles. The molecule has 0 radical (unpaired) electrons. The highest BCUT2D eigenvalue weighted by Gasteiger charge is 2.43. The lowest BCUT2D eigenvalue weighted by molar-refractivity contribution is -0.0857. The van der Waals surface area contributed by atoms with Crippen LogP contribution in [0.4, 0.5) is 0 Å². The molecule has 0 aromatic rings. The van der Waals surface area contributed by atoms with E-state index in [2.05, 4.69) is 39.6 Å². The summed E-state index contributed by atoms with van der Waals surface area (Å²) in [6.45, 7) is 14.1. The average molecular weight is 253 g/mol. The second-order valence-corrected chi connectivity index (χ2v) is 6.70. The second-order valence-electron chi connectivity index (χ2n) is 6.70. The van der Waals surface area contributed by atoms with Crippen molar-refractivity contribution < 1.29 is 4.74 Å². The number of likely N-dealkylation sites (N-methyl/N-ethyl adjacent to an activating group) is 1. The summed E-state index contributed by atoms with van der Waals surface area (Å²) in [5.41, 5.74) is 1.72. The third-order valence-corrected chi connectivity index (χ3v) is 4.49. The molecule has 1 atom stereocenters. The zero-order valence-electron chi connectivity index (χ0n) is 12.9. The van der Waals surface area contributed by atoms with Crippen LogP contribution in [-0.2, 0) is 4.74 Å². The van der Waals surface area contributed by atoms with Crippen molar-refractivity contribution in [2.24, 2.45) is 5.41 Å². The van der Waals surface area contributed by atoms with Crippen LogP contribution < -0.4 is 5.32 Å². The fourth-order valence-electron chi connectivity index (χ4n) is 3.08.